The van der Waals surface area contributed by atoms with Crippen molar-refractivity contribution in [3.8, 4) is 0 Å². The van der Waals surface area contributed by atoms with Gasteiger partial charge < -0.3 is 5.32 Å². The van der Waals surface area contributed by atoms with Gasteiger partial charge in [-0.15, -0.1) is 0 Å². The summed E-state index contributed by atoms with van der Waals surface area (Å²) < 4.78 is 26.4. The number of benzene rings is 2. The van der Waals surface area contributed by atoms with E-state index in [-0.39, 0.29) is 26.5 Å². The van der Waals surface area contributed by atoms with Crippen LogP contribution < -0.4 is 5.32 Å². The molecule has 0 aliphatic rings. The second kappa shape index (κ2) is 9.41. The van der Waals surface area contributed by atoms with Crippen LogP contribution in [-0.2, 0) is 14.7 Å². The van der Waals surface area contributed by atoms with E-state index < -0.39 is 21.0 Å². The first-order valence-electron chi connectivity index (χ1n) is 8.48. The topological polar surface area (TPSA) is 84.8 Å². The summed E-state index contributed by atoms with van der Waals surface area (Å²) in [5.74, 6) is 0. The lowest BCUT2D eigenvalue weighted by atomic mass is 10.2. The monoisotopic (exact) mass is 442 g/mol. The summed E-state index contributed by atoms with van der Waals surface area (Å²) in [5, 5.41) is 5.73. The number of hydrogen-bond acceptors (Lipinski definition) is 5. The number of amides is 1. The standard InChI is InChI=1S/C19H20Cl2N2O4S/c1-4-13(3)22-19(24)27-23-18(17-15(20)6-5-7-16(17)21)28(25,26)14-10-8-12(2)9-11-14/h5-11,13H,4H2,1-3H3,(H,22,24). The highest BCUT2D eigenvalue weighted by Gasteiger charge is 2.29. The molecule has 0 spiro atoms. The number of carbonyl (C=O) groups excluding carboxylic acids is 1. The molecule has 0 aliphatic heterocycles. The van der Waals surface area contributed by atoms with E-state index in [0.717, 1.165) is 5.56 Å². The SMILES string of the molecule is CCC(C)NC(=O)ON=C(c1c(Cl)cccc1Cl)S(=O)(=O)c1ccc(C)cc1. The van der Waals surface area contributed by atoms with Crippen LogP contribution >= 0.6 is 23.2 Å². The van der Waals surface area contributed by atoms with Crippen molar-refractivity contribution in [1.29, 1.82) is 0 Å². The van der Waals surface area contributed by atoms with Crippen LogP contribution in [0.1, 0.15) is 31.4 Å². The molecule has 1 atom stereocenters. The Bertz CT molecular complexity index is 969. The van der Waals surface area contributed by atoms with Gasteiger partial charge in [0.2, 0.25) is 14.9 Å². The number of nitrogens with zero attached hydrogens (tertiary/aromatic N) is 1. The zero-order valence-corrected chi connectivity index (χ0v) is 17.9. The largest absolute Gasteiger partial charge is 0.433 e. The number of aryl methyl sites for hydroxylation is 1. The maximum Gasteiger partial charge on any atom is 0.433 e. The molecule has 0 heterocycles. The van der Waals surface area contributed by atoms with Crippen LogP contribution in [0.15, 0.2) is 52.5 Å². The molecule has 9 heteroatoms. The molecule has 0 fully saturated rings. The second-order valence-corrected chi connectivity index (χ2v) is 8.82. The van der Waals surface area contributed by atoms with Crippen LogP contribution in [0.2, 0.25) is 10.0 Å². The molecule has 0 saturated heterocycles. The molecule has 2 aromatic rings. The molecule has 0 aliphatic carbocycles. The highest BCUT2D eigenvalue weighted by atomic mass is 35.5. The minimum atomic E-state index is -4.17. The first-order chi connectivity index (χ1) is 13.2. The van der Waals surface area contributed by atoms with Gasteiger partial charge in [-0.05, 0) is 44.5 Å². The van der Waals surface area contributed by atoms with E-state index in [1.54, 1.807) is 25.1 Å². The first kappa shape index (κ1) is 22.2. The lowest BCUT2D eigenvalue weighted by Gasteiger charge is -2.12. The zero-order chi connectivity index (χ0) is 20.9. The van der Waals surface area contributed by atoms with Gasteiger partial charge in [-0.2, -0.15) is 0 Å². The van der Waals surface area contributed by atoms with Gasteiger partial charge in [0.05, 0.1) is 20.5 Å². The number of halogens is 2. The van der Waals surface area contributed by atoms with E-state index >= 15 is 0 Å². The summed E-state index contributed by atoms with van der Waals surface area (Å²) in [5.41, 5.74) is 0.847. The molecule has 0 aromatic heterocycles. The molecule has 28 heavy (non-hydrogen) atoms. The van der Waals surface area contributed by atoms with Gasteiger partial charge in [0.15, 0.2) is 0 Å². The lowest BCUT2D eigenvalue weighted by molar-refractivity contribution is 0.147. The summed E-state index contributed by atoms with van der Waals surface area (Å²) in [7, 11) is -4.17. The Kier molecular flexibility index (Phi) is 7.46. The number of hydrogen-bond donors (Lipinski definition) is 1. The van der Waals surface area contributed by atoms with Crippen molar-refractivity contribution in [3.63, 3.8) is 0 Å². The maximum atomic E-state index is 13.2. The predicted octanol–water partition coefficient (Wildman–Crippen LogP) is 4.96. The van der Waals surface area contributed by atoms with Gasteiger partial charge in [0, 0.05) is 6.04 Å². The Morgan fingerprint density at radius 1 is 1.14 bits per heavy atom. The summed E-state index contributed by atoms with van der Waals surface area (Å²) in [6, 6.07) is 10.5. The summed E-state index contributed by atoms with van der Waals surface area (Å²) in [4.78, 5) is 16.7. The van der Waals surface area contributed by atoms with Gasteiger partial charge in [0.25, 0.3) is 0 Å². The van der Waals surface area contributed by atoms with Crippen LogP contribution in [0.3, 0.4) is 0 Å². The number of sulfone groups is 1. The highest BCUT2D eigenvalue weighted by molar-refractivity contribution is 8.07. The molecule has 6 nitrogen and oxygen atoms in total. The average Bonchev–Trinajstić information content (AvgIpc) is 2.64. The van der Waals surface area contributed by atoms with E-state index in [2.05, 4.69) is 10.5 Å². The van der Waals surface area contributed by atoms with Crippen LogP contribution in [0, 0.1) is 6.92 Å². The number of nitrogens with one attached hydrogen (secondary N) is 1. The molecule has 1 amide bonds. The molecule has 0 radical (unpaired) electrons. The predicted molar refractivity (Wildman–Crippen MR) is 111 cm³/mol. The Morgan fingerprint density at radius 2 is 1.71 bits per heavy atom. The molecule has 1 N–H and O–H groups in total. The van der Waals surface area contributed by atoms with Gasteiger partial charge in [-0.1, -0.05) is 59.0 Å². The highest BCUT2D eigenvalue weighted by Crippen LogP contribution is 2.29. The summed E-state index contributed by atoms with van der Waals surface area (Å²) in [6.45, 7) is 5.49. The van der Waals surface area contributed by atoms with Crippen LogP contribution in [0.5, 0.6) is 0 Å². The van der Waals surface area contributed by atoms with Crippen LogP contribution in [0.25, 0.3) is 0 Å². The zero-order valence-electron chi connectivity index (χ0n) is 15.6. The molecule has 0 saturated carbocycles. The number of carbonyl (C=O) groups is 1. The Morgan fingerprint density at radius 3 is 2.25 bits per heavy atom. The number of rotatable bonds is 5. The normalized spacial score (nSPS) is 13.1. The van der Waals surface area contributed by atoms with Gasteiger partial charge in [-0.3, -0.25) is 4.84 Å². The Labute approximate surface area is 174 Å². The number of oxime groups is 1. The molecule has 2 rings (SSSR count). The maximum absolute atomic E-state index is 13.2. The lowest BCUT2D eigenvalue weighted by Crippen LogP contribution is -2.32. The van der Waals surface area contributed by atoms with Crippen molar-refractivity contribution < 1.29 is 18.0 Å². The third-order valence-corrected chi connectivity index (χ3v) is 6.26. The van der Waals surface area contributed by atoms with Gasteiger partial charge in [0.1, 0.15) is 0 Å². The van der Waals surface area contributed by atoms with E-state index in [1.807, 2.05) is 13.8 Å². The van der Waals surface area contributed by atoms with E-state index in [4.69, 9.17) is 28.0 Å². The van der Waals surface area contributed by atoms with Crippen molar-refractivity contribution in [2.24, 2.45) is 5.16 Å². The minimum absolute atomic E-state index is 0.0289. The summed E-state index contributed by atoms with van der Waals surface area (Å²) in [6.07, 6.45) is -0.210. The van der Waals surface area contributed by atoms with Crippen molar-refractivity contribution >= 4 is 44.2 Å². The molecule has 2 aromatic carbocycles. The summed E-state index contributed by atoms with van der Waals surface area (Å²) >= 11 is 12.4. The molecular weight excluding hydrogens is 423 g/mol. The smallest absolute Gasteiger partial charge is 0.317 e. The van der Waals surface area contributed by atoms with Crippen LogP contribution in [-0.4, -0.2) is 25.6 Å². The third-order valence-electron chi connectivity index (χ3n) is 3.95. The fourth-order valence-corrected chi connectivity index (χ4v) is 4.20. The van der Waals surface area contributed by atoms with Crippen molar-refractivity contribution in [2.75, 3.05) is 0 Å². The quantitative estimate of drug-likeness (QED) is 0.306. The second-order valence-electron chi connectivity index (χ2n) is 6.14. The van der Waals surface area contributed by atoms with Gasteiger partial charge >= 0.3 is 6.09 Å². The molecule has 1 unspecified atom stereocenters. The third kappa shape index (κ3) is 5.25. The fourth-order valence-electron chi connectivity index (χ4n) is 2.17. The van der Waals surface area contributed by atoms with E-state index in [9.17, 15) is 13.2 Å². The fraction of sp³-hybridized carbons (Fsp3) is 0.263. The van der Waals surface area contributed by atoms with E-state index in [1.165, 1.54) is 24.3 Å². The van der Waals surface area contributed by atoms with Crippen molar-refractivity contribution in [2.45, 2.75) is 38.1 Å². The average molecular weight is 443 g/mol. The molecule has 150 valence electrons. The molecular formula is C19H20Cl2N2O4S. The van der Waals surface area contributed by atoms with Crippen molar-refractivity contribution in [3.05, 3.63) is 63.6 Å². The Balaban J connectivity index is 2.55. The minimum Gasteiger partial charge on any atom is -0.317 e. The van der Waals surface area contributed by atoms with E-state index in [0.29, 0.717) is 6.42 Å². The Hall–Kier alpha value is -2.09. The molecule has 0 bridgehead atoms. The van der Waals surface area contributed by atoms with Crippen molar-refractivity contribution in [1.82, 2.24) is 5.32 Å². The first-order valence-corrected chi connectivity index (χ1v) is 10.7. The van der Waals surface area contributed by atoms with Crippen LogP contribution in [0.4, 0.5) is 4.79 Å². The van der Waals surface area contributed by atoms with Gasteiger partial charge in [-0.25, -0.2) is 13.2 Å².